The lowest BCUT2D eigenvalue weighted by Crippen LogP contribution is -2.29. The quantitative estimate of drug-likeness (QED) is 0.369. The highest BCUT2D eigenvalue weighted by molar-refractivity contribution is 7.97. The number of nitrogens with zero attached hydrogens (tertiary/aromatic N) is 1. The maximum atomic E-state index is 12.2. The molecule has 0 unspecified atom stereocenters. The van der Waals surface area contributed by atoms with E-state index in [1.54, 1.807) is 23.3 Å². The molecule has 1 amide bonds. The lowest BCUT2D eigenvalue weighted by Gasteiger charge is -2.21. The van der Waals surface area contributed by atoms with Gasteiger partial charge in [-0.2, -0.15) is 0 Å². The maximum absolute atomic E-state index is 12.2. The van der Waals surface area contributed by atoms with Crippen LogP contribution >= 0.6 is 23.3 Å². The predicted octanol–water partition coefficient (Wildman–Crippen LogP) is 6.26. The second-order valence-corrected chi connectivity index (χ2v) is 10.7. The Hall–Kier alpha value is -2.35. The van der Waals surface area contributed by atoms with Crippen LogP contribution < -0.4 is 15.4 Å². The molecule has 0 bridgehead atoms. The summed E-state index contributed by atoms with van der Waals surface area (Å²) in [6, 6.07) is 14.4. The van der Waals surface area contributed by atoms with Crippen LogP contribution in [0.15, 0.2) is 53.6 Å². The maximum Gasteiger partial charge on any atom is 0.227 e. The van der Waals surface area contributed by atoms with Crippen molar-refractivity contribution in [1.82, 2.24) is 9.71 Å². The molecule has 1 heterocycles. The molecule has 0 radical (unpaired) electrons. The van der Waals surface area contributed by atoms with Gasteiger partial charge in [0, 0.05) is 52.1 Å². The van der Waals surface area contributed by atoms with Crippen LogP contribution in [0.1, 0.15) is 33.6 Å². The van der Waals surface area contributed by atoms with E-state index in [1.165, 1.54) is 0 Å². The third kappa shape index (κ3) is 5.67. The number of nitrogens with one attached hydrogen (secondary N) is 3. The molecule has 1 aromatic heterocycles. The lowest BCUT2D eigenvalue weighted by molar-refractivity contribution is -0.117. The van der Waals surface area contributed by atoms with Gasteiger partial charge in [0.25, 0.3) is 0 Å². The molecule has 1 fully saturated rings. The van der Waals surface area contributed by atoms with Gasteiger partial charge in [0.05, 0.1) is 4.88 Å². The number of rotatable bonds is 7. The average Bonchev–Trinajstić information content (AvgIpc) is 3.49. The first-order valence-electron chi connectivity index (χ1n) is 10.5. The van der Waals surface area contributed by atoms with Gasteiger partial charge in [0.2, 0.25) is 5.91 Å². The summed E-state index contributed by atoms with van der Waals surface area (Å²) in [5, 5.41) is 7.20. The van der Waals surface area contributed by atoms with Crippen molar-refractivity contribution in [3.8, 4) is 21.0 Å². The molecule has 4 rings (SSSR count). The van der Waals surface area contributed by atoms with E-state index in [9.17, 15) is 4.79 Å². The van der Waals surface area contributed by atoms with Crippen molar-refractivity contribution in [3.63, 3.8) is 0 Å². The van der Waals surface area contributed by atoms with Gasteiger partial charge >= 0.3 is 0 Å². The smallest absolute Gasteiger partial charge is 0.227 e. The molecule has 1 aliphatic rings. The van der Waals surface area contributed by atoms with E-state index in [0.29, 0.717) is 0 Å². The monoisotopic (exact) mass is 452 g/mol. The fraction of sp³-hybridized carbons (Fsp3) is 0.333. The second kappa shape index (κ2) is 9.02. The molecular formula is C24H28N4OS2. The Labute approximate surface area is 192 Å². The van der Waals surface area contributed by atoms with Crippen molar-refractivity contribution in [2.45, 2.75) is 44.0 Å². The summed E-state index contributed by atoms with van der Waals surface area (Å²) in [6.45, 7) is 6.41. The summed E-state index contributed by atoms with van der Waals surface area (Å²) in [5.74, 6) is 0.305. The molecule has 7 heteroatoms. The van der Waals surface area contributed by atoms with E-state index in [-0.39, 0.29) is 17.4 Å². The first kappa shape index (κ1) is 21.9. The molecule has 3 aromatic rings. The van der Waals surface area contributed by atoms with Crippen molar-refractivity contribution >= 4 is 40.6 Å². The Morgan fingerprint density at radius 1 is 1.10 bits per heavy atom. The Morgan fingerprint density at radius 2 is 1.81 bits per heavy atom. The van der Waals surface area contributed by atoms with Gasteiger partial charge in [0.15, 0.2) is 0 Å². The van der Waals surface area contributed by atoms with Crippen molar-refractivity contribution in [3.05, 3.63) is 48.7 Å². The number of hydrogen-bond donors (Lipinski definition) is 3. The number of carbonyl (C=O) groups excluding carboxylic acids is 1. The molecule has 2 aromatic carbocycles. The number of carbonyl (C=O) groups is 1. The zero-order chi connectivity index (χ0) is 22.0. The van der Waals surface area contributed by atoms with Crippen LogP contribution in [0, 0.1) is 5.92 Å². The summed E-state index contributed by atoms with van der Waals surface area (Å²) in [6.07, 6.45) is 3.93. The van der Waals surface area contributed by atoms with Crippen LogP contribution in [0.25, 0.3) is 21.0 Å². The summed E-state index contributed by atoms with van der Waals surface area (Å²) >= 11 is 3.27. The molecule has 0 spiro atoms. The topological polar surface area (TPSA) is 66.0 Å². The highest BCUT2D eigenvalue weighted by Crippen LogP contribution is 2.39. The number of benzene rings is 2. The van der Waals surface area contributed by atoms with Crippen LogP contribution in [0.5, 0.6) is 0 Å². The minimum absolute atomic E-state index is 0.0386. The summed E-state index contributed by atoms with van der Waals surface area (Å²) < 4.78 is 3.50. The van der Waals surface area contributed by atoms with Gasteiger partial charge in [-0.1, -0.05) is 6.07 Å². The minimum atomic E-state index is -0.0386. The van der Waals surface area contributed by atoms with Gasteiger partial charge < -0.3 is 10.6 Å². The molecule has 5 nitrogen and oxygen atoms in total. The van der Waals surface area contributed by atoms with Gasteiger partial charge in [-0.05, 0) is 82.0 Å². The summed E-state index contributed by atoms with van der Waals surface area (Å²) in [5.41, 5.74) is 4.10. The fourth-order valence-electron chi connectivity index (χ4n) is 3.00. The third-order valence-corrected chi connectivity index (χ3v) is 7.21. The lowest BCUT2D eigenvalue weighted by atomic mass is 10.1. The molecule has 0 aliphatic heterocycles. The van der Waals surface area contributed by atoms with Crippen molar-refractivity contribution in [1.29, 1.82) is 0 Å². The first-order valence-corrected chi connectivity index (χ1v) is 12.1. The second-order valence-electron chi connectivity index (χ2n) is 8.79. The molecule has 162 valence electrons. The zero-order valence-corrected chi connectivity index (χ0v) is 19.9. The number of amides is 1. The van der Waals surface area contributed by atoms with Gasteiger partial charge in [-0.3, -0.25) is 9.52 Å². The van der Waals surface area contributed by atoms with E-state index in [2.05, 4.69) is 77.5 Å². The van der Waals surface area contributed by atoms with Crippen LogP contribution in [0.3, 0.4) is 0 Å². The minimum Gasteiger partial charge on any atom is -0.388 e. The average molecular weight is 453 g/mol. The van der Waals surface area contributed by atoms with Crippen LogP contribution in [-0.2, 0) is 4.79 Å². The number of anilines is 2. The Kier molecular flexibility index (Phi) is 6.36. The van der Waals surface area contributed by atoms with Gasteiger partial charge in [-0.25, -0.2) is 4.98 Å². The van der Waals surface area contributed by atoms with Crippen LogP contribution in [-0.4, -0.2) is 23.5 Å². The SMILES string of the molecule is CNc1ccc(-c2ncc(-c3ccc(NC(=O)C4CC4)cc3SNC(C)(C)C)s2)cc1. The Balaban J connectivity index is 1.62. The van der Waals surface area contributed by atoms with Gasteiger partial charge in [0.1, 0.15) is 5.01 Å². The van der Waals surface area contributed by atoms with E-state index < -0.39 is 0 Å². The fourth-order valence-corrected chi connectivity index (χ4v) is 4.91. The Bertz CT molecular complexity index is 1070. The normalized spacial score (nSPS) is 13.8. The number of thiazole rings is 1. The van der Waals surface area contributed by atoms with Crippen LogP contribution in [0.4, 0.5) is 11.4 Å². The molecule has 31 heavy (non-hydrogen) atoms. The molecule has 1 aliphatic carbocycles. The van der Waals surface area contributed by atoms with E-state index in [4.69, 9.17) is 0 Å². The highest BCUT2D eigenvalue weighted by atomic mass is 32.2. The first-order chi connectivity index (χ1) is 14.8. The molecule has 0 atom stereocenters. The van der Waals surface area contributed by atoms with E-state index >= 15 is 0 Å². The van der Waals surface area contributed by atoms with Crippen molar-refractivity contribution < 1.29 is 4.79 Å². The van der Waals surface area contributed by atoms with Gasteiger partial charge in [-0.15, -0.1) is 11.3 Å². The standard InChI is InChI=1S/C24H28N4OS2/c1-24(2,3)28-31-20-13-18(27-22(29)15-5-6-15)11-12-19(20)21-14-26-23(30-21)16-7-9-17(25-4)10-8-16/h7-15,25,28H,5-6H2,1-4H3,(H,27,29). The number of hydrogen-bond acceptors (Lipinski definition) is 6. The van der Waals surface area contributed by atoms with E-state index in [1.807, 2.05) is 19.3 Å². The molecule has 0 saturated heterocycles. The number of aromatic nitrogens is 1. The van der Waals surface area contributed by atoms with Crippen molar-refractivity contribution in [2.24, 2.45) is 5.92 Å². The predicted molar refractivity (Wildman–Crippen MR) is 133 cm³/mol. The van der Waals surface area contributed by atoms with Crippen molar-refractivity contribution in [2.75, 3.05) is 17.7 Å². The van der Waals surface area contributed by atoms with E-state index in [0.717, 1.165) is 50.1 Å². The molecule has 3 N–H and O–H groups in total. The Morgan fingerprint density at radius 3 is 2.45 bits per heavy atom. The van der Waals surface area contributed by atoms with Crippen LogP contribution in [0.2, 0.25) is 0 Å². The molecule has 1 saturated carbocycles. The largest absolute Gasteiger partial charge is 0.388 e. The summed E-state index contributed by atoms with van der Waals surface area (Å²) in [4.78, 5) is 19.1. The zero-order valence-electron chi connectivity index (χ0n) is 18.3. The third-order valence-electron chi connectivity index (χ3n) is 4.86. The molecular weight excluding hydrogens is 424 g/mol. The summed E-state index contributed by atoms with van der Waals surface area (Å²) in [7, 11) is 1.91. The highest BCUT2D eigenvalue weighted by Gasteiger charge is 2.29.